The number of amides is 1. The van der Waals surface area contributed by atoms with Gasteiger partial charge in [-0.2, -0.15) is 5.10 Å². The van der Waals surface area contributed by atoms with Crippen LogP contribution in [-0.4, -0.2) is 28.3 Å². The van der Waals surface area contributed by atoms with Gasteiger partial charge in [0, 0.05) is 23.8 Å². The SMILES string of the molecule is Cc1nn(-c2ccccc2)c(C)c1CC(=O)NCC(N)C1CC1. The van der Waals surface area contributed by atoms with E-state index >= 15 is 0 Å². The van der Waals surface area contributed by atoms with Crippen molar-refractivity contribution < 1.29 is 4.79 Å². The number of aryl methyl sites for hydroxylation is 1. The van der Waals surface area contributed by atoms with Crippen molar-refractivity contribution in [2.45, 2.75) is 39.2 Å². The van der Waals surface area contributed by atoms with Gasteiger partial charge in [-0.25, -0.2) is 4.68 Å². The number of aromatic nitrogens is 2. The van der Waals surface area contributed by atoms with E-state index in [-0.39, 0.29) is 11.9 Å². The van der Waals surface area contributed by atoms with Crippen molar-refractivity contribution in [1.82, 2.24) is 15.1 Å². The summed E-state index contributed by atoms with van der Waals surface area (Å²) in [5.41, 5.74) is 9.94. The lowest BCUT2D eigenvalue weighted by molar-refractivity contribution is -0.120. The maximum absolute atomic E-state index is 12.2. The normalized spacial score (nSPS) is 15.4. The fraction of sp³-hybridized carbons (Fsp3) is 0.444. The molecule has 1 atom stereocenters. The van der Waals surface area contributed by atoms with Crippen LogP contribution in [0.3, 0.4) is 0 Å². The van der Waals surface area contributed by atoms with Gasteiger partial charge < -0.3 is 11.1 Å². The second kappa shape index (κ2) is 6.54. The van der Waals surface area contributed by atoms with Crippen molar-refractivity contribution in [2.24, 2.45) is 11.7 Å². The highest BCUT2D eigenvalue weighted by Gasteiger charge is 2.28. The highest BCUT2D eigenvalue weighted by molar-refractivity contribution is 5.79. The molecule has 0 saturated heterocycles. The quantitative estimate of drug-likeness (QED) is 0.855. The number of hydrogen-bond donors (Lipinski definition) is 2. The van der Waals surface area contributed by atoms with E-state index in [9.17, 15) is 4.79 Å². The van der Waals surface area contributed by atoms with Crippen LogP contribution < -0.4 is 11.1 Å². The molecule has 3 rings (SSSR count). The number of benzene rings is 1. The van der Waals surface area contributed by atoms with Crippen LogP contribution in [0.5, 0.6) is 0 Å². The fourth-order valence-electron chi connectivity index (χ4n) is 2.90. The second-order valence-electron chi connectivity index (χ2n) is 6.38. The predicted molar refractivity (Wildman–Crippen MR) is 90.5 cm³/mol. The van der Waals surface area contributed by atoms with Gasteiger partial charge >= 0.3 is 0 Å². The molecule has 1 amide bonds. The largest absolute Gasteiger partial charge is 0.354 e. The van der Waals surface area contributed by atoms with Crippen molar-refractivity contribution in [1.29, 1.82) is 0 Å². The monoisotopic (exact) mass is 312 g/mol. The molecule has 1 saturated carbocycles. The van der Waals surface area contributed by atoms with Crippen molar-refractivity contribution >= 4 is 5.91 Å². The summed E-state index contributed by atoms with van der Waals surface area (Å²) in [6, 6.07) is 10.1. The van der Waals surface area contributed by atoms with Crippen molar-refractivity contribution in [3.05, 3.63) is 47.3 Å². The third kappa shape index (κ3) is 3.62. The zero-order chi connectivity index (χ0) is 16.4. The number of carbonyl (C=O) groups excluding carboxylic acids is 1. The van der Waals surface area contributed by atoms with Crippen molar-refractivity contribution in [3.8, 4) is 5.69 Å². The maximum atomic E-state index is 12.2. The van der Waals surface area contributed by atoms with Gasteiger partial charge in [0.2, 0.25) is 5.91 Å². The standard InChI is InChI=1S/C18H24N4O/c1-12-16(10-18(23)20-11-17(19)14-8-9-14)13(2)22(21-12)15-6-4-3-5-7-15/h3-7,14,17H,8-11,19H2,1-2H3,(H,20,23). The van der Waals surface area contributed by atoms with E-state index in [1.165, 1.54) is 12.8 Å². The number of nitrogens with zero attached hydrogens (tertiary/aromatic N) is 2. The molecule has 0 radical (unpaired) electrons. The summed E-state index contributed by atoms with van der Waals surface area (Å²) in [6.45, 7) is 4.52. The number of carbonyl (C=O) groups is 1. The van der Waals surface area contributed by atoms with E-state index in [0.717, 1.165) is 22.6 Å². The Morgan fingerprint density at radius 3 is 2.70 bits per heavy atom. The minimum atomic E-state index is 0.0138. The summed E-state index contributed by atoms with van der Waals surface area (Å²) >= 11 is 0. The summed E-state index contributed by atoms with van der Waals surface area (Å²) in [5.74, 6) is 0.611. The van der Waals surface area contributed by atoms with Gasteiger partial charge in [0.1, 0.15) is 0 Å². The third-order valence-electron chi connectivity index (χ3n) is 4.54. The smallest absolute Gasteiger partial charge is 0.224 e. The molecule has 0 spiro atoms. The van der Waals surface area contributed by atoms with Gasteiger partial charge in [0.05, 0.1) is 17.8 Å². The number of para-hydroxylation sites is 1. The van der Waals surface area contributed by atoms with E-state index in [1.807, 2.05) is 48.9 Å². The summed E-state index contributed by atoms with van der Waals surface area (Å²) in [4.78, 5) is 12.2. The van der Waals surface area contributed by atoms with Crippen LogP contribution in [0.1, 0.15) is 29.8 Å². The zero-order valence-electron chi connectivity index (χ0n) is 13.7. The average molecular weight is 312 g/mol. The van der Waals surface area contributed by atoms with Crippen molar-refractivity contribution in [2.75, 3.05) is 6.54 Å². The van der Waals surface area contributed by atoms with Gasteiger partial charge in [-0.15, -0.1) is 0 Å². The molecule has 1 aromatic heterocycles. The first kappa shape index (κ1) is 15.7. The number of hydrogen-bond acceptors (Lipinski definition) is 3. The van der Waals surface area contributed by atoms with E-state index in [4.69, 9.17) is 5.73 Å². The van der Waals surface area contributed by atoms with Gasteiger partial charge in [-0.1, -0.05) is 18.2 Å². The Labute approximate surface area is 136 Å². The summed E-state index contributed by atoms with van der Waals surface area (Å²) in [5, 5.41) is 7.53. The van der Waals surface area contributed by atoms with Crippen LogP contribution in [-0.2, 0) is 11.2 Å². The molecule has 5 heteroatoms. The Kier molecular flexibility index (Phi) is 4.48. The highest BCUT2D eigenvalue weighted by Crippen LogP contribution is 2.31. The van der Waals surface area contributed by atoms with E-state index in [1.54, 1.807) is 0 Å². The van der Waals surface area contributed by atoms with Crippen LogP contribution in [0.2, 0.25) is 0 Å². The van der Waals surface area contributed by atoms with Crippen LogP contribution in [0.25, 0.3) is 5.69 Å². The molecule has 2 aromatic rings. The van der Waals surface area contributed by atoms with Crippen LogP contribution in [0.15, 0.2) is 30.3 Å². The summed E-state index contributed by atoms with van der Waals surface area (Å²) in [6.07, 6.45) is 2.74. The minimum absolute atomic E-state index is 0.0138. The average Bonchev–Trinajstić information content (AvgIpc) is 3.36. The van der Waals surface area contributed by atoms with Gasteiger partial charge in [-0.3, -0.25) is 4.79 Å². The molecule has 5 nitrogen and oxygen atoms in total. The lowest BCUT2D eigenvalue weighted by atomic mass is 10.1. The first-order valence-electron chi connectivity index (χ1n) is 8.19. The van der Waals surface area contributed by atoms with Gasteiger partial charge in [0.25, 0.3) is 0 Å². The molecule has 1 aromatic carbocycles. The Morgan fingerprint density at radius 2 is 2.04 bits per heavy atom. The summed E-state index contributed by atoms with van der Waals surface area (Å²) in [7, 11) is 0. The topological polar surface area (TPSA) is 72.9 Å². The lowest BCUT2D eigenvalue weighted by Crippen LogP contribution is -2.39. The first-order chi connectivity index (χ1) is 11.1. The zero-order valence-corrected chi connectivity index (χ0v) is 13.7. The highest BCUT2D eigenvalue weighted by atomic mass is 16.1. The van der Waals surface area contributed by atoms with Gasteiger partial charge in [-0.05, 0) is 44.7 Å². The van der Waals surface area contributed by atoms with Crippen LogP contribution >= 0.6 is 0 Å². The van der Waals surface area contributed by atoms with Crippen molar-refractivity contribution in [3.63, 3.8) is 0 Å². The van der Waals surface area contributed by atoms with Gasteiger partial charge in [0.15, 0.2) is 0 Å². The molecule has 1 aliphatic rings. The molecule has 23 heavy (non-hydrogen) atoms. The molecule has 1 aliphatic carbocycles. The first-order valence-corrected chi connectivity index (χ1v) is 8.19. The van der Waals surface area contributed by atoms with Crippen LogP contribution in [0, 0.1) is 19.8 Å². The Morgan fingerprint density at radius 1 is 1.35 bits per heavy atom. The Hall–Kier alpha value is -2.14. The number of nitrogens with two attached hydrogens (primary N) is 1. The molecule has 1 fully saturated rings. The molecule has 1 heterocycles. The molecule has 3 N–H and O–H groups in total. The molecule has 0 bridgehead atoms. The van der Waals surface area contributed by atoms with E-state index in [2.05, 4.69) is 10.4 Å². The maximum Gasteiger partial charge on any atom is 0.224 e. The Balaban J connectivity index is 1.68. The molecule has 122 valence electrons. The van der Waals surface area contributed by atoms with E-state index in [0.29, 0.717) is 18.9 Å². The predicted octanol–water partition coefficient (Wildman–Crippen LogP) is 1.89. The molecular weight excluding hydrogens is 288 g/mol. The number of nitrogens with one attached hydrogen (secondary N) is 1. The van der Waals surface area contributed by atoms with E-state index < -0.39 is 0 Å². The molecule has 0 aliphatic heterocycles. The minimum Gasteiger partial charge on any atom is -0.354 e. The van der Waals surface area contributed by atoms with Crippen LogP contribution in [0.4, 0.5) is 0 Å². The third-order valence-corrected chi connectivity index (χ3v) is 4.54. The fourth-order valence-corrected chi connectivity index (χ4v) is 2.90. The second-order valence-corrected chi connectivity index (χ2v) is 6.38. The lowest BCUT2D eigenvalue weighted by Gasteiger charge is -2.11. The number of rotatable bonds is 6. The molecular formula is C18H24N4O. The Bertz CT molecular complexity index is 689. The summed E-state index contributed by atoms with van der Waals surface area (Å²) < 4.78 is 1.90. The molecule has 1 unspecified atom stereocenters.